The van der Waals surface area contributed by atoms with Crippen LogP contribution in [0.3, 0.4) is 0 Å². The van der Waals surface area contributed by atoms with Crippen molar-refractivity contribution in [1.82, 2.24) is 4.90 Å². The second kappa shape index (κ2) is 6.31. The Bertz CT molecular complexity index is 197. The van der Waals surface area contributed by atoms with Crippen molar-refractivity contribution in [2.24, 2.45) is 5.73 Å². The second-order valence-electron chi connectivity index (χ2n) is 3.46. The lowest BCUT2D eigenvalue weighted by Gasteiger charge is -2.34. The van der Waals surface area contributed by atoms with Crippen molar-refractivity contribution in [3.63, 3.8) is 0 Å². The number of alkyl halides is 5. The summed E-state index contributed by atoms with van der Waals surface area (Å²) in [6, 6.07) is -3.51. The summed E-state index contributed by atoms with van der Waals surface area (Å²) in [4.78, 5) is 0.454. The zero-order valence-electron chi connectivity index (χ0n) is 8.71. The van der Waals surface area contributed by atoms with Crippen LogP contribution in [0.5, 0.6) is 0 Å². The summed E-state index contributed by atoms with van der Waals surface area (Å²) in [6.07, 6.45) is -7.60. The molecule has 8 heteroatoms. The standard InChI is InChI=1S/C8H15F5N2O/c1-5(14)7(8(11,12)13)15(2-3-16)4-6(9)10/h5-7,16H,2-4,14H2,1H3. The SMILES string of the molecule is CC(N)C(N(CCO)CC(F)F)C(F)(F)F. The topological polar surface area (TPSA) is 49.5 Å². The van der Waals surface area contributed by atoms with Crippen molar-refractivity contribution >= 4 is 0 Å². The lowest BCUT2D eigenvalue weighted by molar-refractivity contribution is -0.192. The molecule has 0 rings (SSSR count). The molecule has 0 aromatic heterocycles. The Morgan fingerprint density at radius 3 is 2.06 bits per heavy atom. The van der Waals surface area contributed by atoms with Gasteiger partial charge in [0.25, 0.3) is 6.43 Å². The minimum Gasteiger partial charge on any atom is -0.395 e. The molecule has 0 aromatic carbocycles. The molecule has 0 fully saturated rings. The number of aliphatic hydroxyl groups is 1. The average Bonchev–Trinajstić information content (AvgIpc) is 1.98. The van der Waals surface area contributed by atoms with E-state index in [9.17, 15) is 22.0 Å². The summed E-state index contributed by atoms with van der Waals surface area (Å²) in [5, 5.41) is 8.55. The van der Waals surface area contributed by atoms with Gasteiger partial charge in [-0.25, -0.2) is 8.78 Å². The Hall–Kier alpha value is -0.470. The quantitative estimate of drug-likeness (QED) is 0.686. The highest BCUT2D eigenvalue weighted by atomic mass is 19.4. The van der Waals surface area contributed by atoms with Gasteiger partial charge in [-0.3, -0.25) is 4.90 Å². The van der Waals surface area contributed by atoms with E-state index < -0.39 is 44.4 Å². The highest BCUT2D eigenvalue weighted by Crippen LogP contribution is 2.27. The highest BCUT2D eigenvalue weighted by molar-refractivity contribution is 4.86. The number of halogens is 5. The van der Waals surface area contributed by atoms with Crippen molar-refractivity contribution in [2.45, 2.75) is 31.6 Å². The van der Waals surface area contributed by atoms with Crippen LogP contribution < -0.4 is 5.73 Å². The predicted octanol–water partition coefficient (Wildman–Crippen LogP) is 0.824. The molecule has 3 N–H and O–H groups in total. The summed E-state index contributed by atoms with van der Waals surface area (Å²) < 4.78 is 61.8. The van der Waals surface area contributed by atoms with Crippen LogP contribution in [-0.2, 0) is 0 Å². The summed E-state index contributed by atoms with van der Waals surface area (Å²) >= 11 is 0. The molecule has 0 aromatic rings. The highest BCUT2D eigenvalue weighted by Gasteiger charge is 2.46. The lowest BCUT2D eigenvalue weighted by atomic mass is 10.1. The molecule has 0 heterocycles. The molecule has 0 saturated heterocycles. The molecule has 0 bridgehead atoms. The molecule has 2 unspecified atom stereocenters. The fourth-order valence-corrected chi connectivity index (χ4v) is 1.49. The maximum Gasteiger partial charge on any atom is 0.405 e. The molecular formula is C8H15F5N2O. The Kier molecular flexibility index (Phi) is 6.13. The van der Waals surface area contributed by atoms with Gasteiger partial charge in [0.15, 0.2) is 0 Å². The summed E-state index contributed by atoms with van der Waals surface area (Å²) in [5.74, 6) is 0. The second-order valence-corrected chi connectivity index (χ2v) is 3.46. The molecule has 0 saturated carbocycles. The average molecular weight is 250 g/mol. The van der Waals surface area contributed by atoms with Gasteiger partial charge in [0, 0.05) is 12.6 Å². The van der Waals surface area contributed by atoms with E-state index in [-0.39, 0.29) is 0 Å². The van der Waals surface area contributed by atoms with Crippen LogP contribution in [0.25, 0.3) is 0 Å². The number of hydrogen-bond acceptors (Lipinski definition) is 3. The van der Waals surface area contributed by atoms with Gasteiger partial charge in [-0.1, -0.05) is 0 Å². The maximum absolute atomic E-state index is 12.5. The van der Waals surface area contributed by atoms with Gasteiger partial charge in [-0.2, -0.15) is 13.2 Å². The number of aliphatic hydroxyl groups excluding tert-OH is 1. The van der Waals surface area contributed by atoms with E-state index >= 15 is 0 Å². The van der Waals surface area contributed by atoms with Crippen molar-refractivity contribution in [2.75, 3.05) is 19.7 Å². The minimum atomic E-state index is -4.70. The van der Waals surface area contributed by atoms with Crippen LogP contribution in [0.1, 0.15) is 6.92 Å². The molecule has 0 amide bonds. The third-order valence-electron chi connectivity index (χ3n) is 1.99. The van der Waals surface area contributed by atoms with Crippen LogP contribution in [0.15, 0.2) is 0 Å². The first kappa shape index (κ1) is 15.5. The van der Waals surface area contributed by atoms with Gasteiger partial charge >= 0.3 is 6.18 Å². The van der Waals surface area contributed by atoms with Crippen LogP contribution >= 0.6 is 0 Å². The number of nitrogens with zero attached hydrogens (tertiary/aromatic N) is 1. The molecule has 0 aliphatic heterocycles. The number of nitrogens with two attached hydrogens (primary N) is 1. The normalized spacial score (nSPS) is 16.9. The predicted molar refractivity (Wildman–Crippen MR) is 48.2 cm³/mol. The van der Waals surface area contributed by atoms with Crippen LogP contribution in [0.2, 0.25) is 0 Å². The van der Waals surface area contributed by atoms with E-state index in [2.05, 4.69) is 0 Å². The lowest BCUT2D eigenvalue weighted by Crippen LogP contribution is -2.56. The maximum atomic E-state index is 12.5. The summed E-state index contributed by atoms with van der Waals surface area (Å²) in [7, 11) is 0. The number of hydrogen-bond donors (Lipinski definition) is 2. The molecule has 0 aliphatic rings. The molecule has 98 valence electrons. The molecule has 0 radical (unpaired) electrons. The Morgan fingerprint density at radius 2 is 1.81 bits per heavy atom. The first-order valence-electron chi connectivity index (χ1n) is 4.65. The monoisotopic (exact) mass is 250 g/mol. The Morgan fingerprint density at radius 1 is 1.31 bits per heavy atom. The zero-order chi connectivity index (χ0) is 12.9. The van der Waals surface area contributed by atoms with E-state index in [0.717, 1.165) is 6.92 Å². The van der Waals surface area contributed by atoms with E-state index in [0.29, 0.717) is 4.90 Å². The largest absolute Gasteiger partial charge is 0.405 e. The van der Waals surface area contributed by atoms with Crippen molar-refractivity contribution in [3.05, 3.63) is 0 Å². The van der Waals surface area contributed by atoms with Gasteiger partial charge in [-0.15, -0.1) is 0 Å². The van der Waals surface area contributed by atoms with Crippen molar-refractivity contribution in [1.29, 1.82) is 0 Å². The summed E-state index contributed by atoms with van der Waals surface area (Å²) in [5.41, 5.74) is 5.14. The van der Waals surface area contributed by atoms with Gasteiger partial charge < -0.3 is 10.8 Å². The van der Waals surface area contributed by atoms with Gasteiger partial charge in [0.1, 0.15) is 6.04 Å². The van der Waals surface area contributed by atoms with Gasteiger partial charge in [0.2, 0.25) is 0 Å². The molecular weight excluding hydrogens is 235 g/mol. The van der Waals surface area contributed by atoms with Crippen LogP contribution in [0.4, 0.5) is 22.0 Å². The van der Waals surface area contributed by atoms with E-state index in [1.807, 2.05) is 0 Å². The Labute approximate surface area is 90.0 Å². The first-order valence-corrected chi connectivity index (χ1v) is 4.65. The van der Waals surface area contributed by atoms with E-state index in [1.54, 1.807) is 0 Å². The molecule has 0 aliphatic carbocycles. The smallest absolute Gasteiger partial charge is 0.395 e. The third kappa shape index (κ3) is 5.04. The molecule has 0 spiro atoms. The van der Waals surface area contributed by atoms with Crippen LogP contribution in [0, 0.1) is 0 Å². The summed E-state index contributed by atoms with van der Waals surface area (Å²) in [6.45, 7) is -1.09. The van der Waals surface area contributed by atoms with Crippen molar-refractivity contribution < 1.29 is 27.1 Å². The van der Waals surface area contributed by atoms with E-state index in [4.69, 9.17) is 10.8 Å². The zero-order valence-corrected chi connectivity index (χ0v) is 8.71. The first-order chi connectivity index (χ1) is 7.20. The Balaban J connectivity index is 4.80. The third-order valence-corrected chi connectivity index (χ3v) is 1.99. The van der Waals surface area contributed by atoms with Crippen LogP contribution in [-0.4, -0.2) is 54.4 Å². The molecule has 3 nitrogen and oxygen atoms in total. The van der Waals surface area contributed by atoms with Gasteiger partial charge in [-0.05, 0) is 6.92 Å². The molecule has 16 heavy (non-hydrogen) atoms. The fourth-order valence-electron chi connectivity index (χ4n) is 1.49. The number of rotatable bonds is 6. The minimum absolute atomic E-state index is 0.454. The van der Waals surface area contributed by atoms with Crippen molar-refractivity contribution in [3.8, 4) is 0 Å². The van der Waals surface area contributed by atoms with Gasteiger partial charge in [0.05, 0.1) is 13.2 Å². The molecule has 2 atom stereocenters. The fraction of sp³-hybridized carbons (Fsp3) is 1.00. The van der Waals surface area contributed by atoms with E-state index in [1.165, 1.54) is 0 Å².